The van der Waals surface area contributed by atoms with E-state index in [-0.39, 0.29) is 0 Å². The Bertz CT molecular complexity index is 81.0. The average molecular weight is 205 g/mol. The summed E-state index contributed by atoms with van der Waals surface area (Å²) in [6.45, 7) is 2.95. The van der Waals surface area contributed by atoms with E-state index in [0.717, 1.165) is 19.7 Å². The van der Waals surface area contributed by atoms with E-state index < -0.39 is 0 Å². The predicted octanol–water partition coefficient (Wildman–Crippen LogP) is 2.15. The summed E-state index contributed by atoms with van der Waals surface area (Å²) in [5, 5.41) is 3.35. The van der Waals surface area contributed by atoms with Crippen molar-refractivity contribution in [3.63, 3.8) is 0 Å². The molecule has 0 aromatic heterocycles. The molecule has 2 nitrogen and oxygen atoms in total. The van der Waals surface area contributed by atoms with Crippen LogP contribution in [0.2, 0.25) is 0 Å². The molecule has 0 saturated heterocycles. The molecule has 13 heavy (non-hydrogen) atoms. The number of hydrogen-bond donors (Lipinski definition) is 1. The maximum Gasteiger partial charge on any atom is 0.0587 e. The molecule has 1 N–H and O–H groups in total. The summed E-state index contributed by atoms with van der Waals surface area (Å²) in [5.74, 6) is 1.32. The van der Waals surface area contributed by atoms with Gasteiger partial charge in [-0.25, -0.2) is 0 Å². The number of ether oxygens (including phenoxy) is 1. The number of rotatable bonds is 10. The van der Waals surface area contributed by atoms with Gasteiger partial charge in [-0.1, -0.05) is 12.8 Å². The third-order valence-electron chi connectivity index (χ3n) is 1.93. The van der Waals surface area contributed by atoms with Crippen molar-refractivity contribution in [2.75, 3.05) is 38.8 Å². The Labute approximate surface area is 86.8 Å². The van der Waals surface area contributed by atoms with Gasteiger partial charge in [0.1, 0.15) is 0 Å². The average Bonchev–Trinajstić information content (AvgIpc) is 2.16. The van der Waals surface area contributed by atoms with Crippen LogP contribution in [0.15, 0.2) is 0 Å². The van der Waals surface area contributed by atoms with Gasteiger partial charge >= 0.3 is 0 Å². The van der Waals surface area contributed by atoms with E-state index in [9.17, 15) is 0 Å². The molecule has 0 aliphatic rings. The normalized spacial score (nSPS) is 10.6. The van der Waals surface area contributed by atoms with E-state index in [1.54, 1.807) is 7.11 Å². The highest BCUT2D eigenvalue weighted by atomic mass is 32.2. The van der Waals surface area contributed by atoms with Crippen LogP contribution in [0.3, 0.4) is 0 Å². The Morgan fingerprint density at radius 1 is 1.08 bits per heavy atom. The molecule has 0 aromatic carbocycles. The van der Waals surface area contributed by atoms with E-state index in [0.29, 0.717) is 0 Å². The minimum atomic E-state index is 0.826. The standard InChI is InChI=1S/C10H23NOS/c1-12-9-8-11-7-5-3-4-6-10-13-2/h11H,3-10H2,1-2H3. The maximum atomic E-state index is 4.94. The fourth-order valence-electron chi connectivity index (χ4n) is 1.15. The topological polar surface area (TPSA) is 21.3 Å². The highest BCUT2D eigenvalue weighted by Crippen LogP contribution is 2.03. The van der Waals surface area contributed by atoms with Gasteiger partial charge in [-0.15, -0.1) is 0 Å². The van der Waals surface area contributed by atoms with Crippen LogP contribution in [0.25, 0.3) is 0 Å². The van der Waals surface area contributed by atoms with Crippen LogP contribution in [0.4, 0.5) is 0 Å². The number of nitrogens with one attached hydrogen (secondary N) is 1. The summed E-state index contributed by atoms with van der Waals surface area (Å²) < 4.78 is 4.94. The lowest BCUT2D eigenvalue weighted by molar-refractivity contribution is 0.199. The SMILES string of the molecule is COCCNCCCCCCSC. The fraction of sp³-hybridized carbons (Fsp3) is 1.00. The van der Waals surface area contributed by atoms with Gasteiger partial charge in [-0.2, -0.15) is 11.8 Å². The van der Waals surface area contributed by atoms with Crippen LogP contribution >= 0.6 is 11.8 Å². The highest BCUT2D eigenvalue weighted by Gasteiger charge is 1.89. The lowest BCUT2D eigenvalue weighted by Gasteiger charge is -2.03. The van der Waals surface area contributed by atoms with Crippen LogP contribution < -0.4 is 5.32 Å². The Balaban J connectivity index is 2.76. The summed E-state index contributed by atoms with van der Waals surface area (Å²) in [6.07, 6.45) is 7.59. The number of unbranched alkanes of at least 4 members (excludes halogenated alkanes) is 3. The van der Waals surface area contributed by atoms with E-state index in [1.165, 1.54) is 31.4 Å². The van der Waals surface area contributed by atoms with Gasteiger partial charge in [0.25, 0.3) is 0 Å². The first-order valence-electron chi connectivity index (χ1n) is 5.10. The first kappa shape index (κ1) is 13.3. The molecule has 0 heterocycles. The number of thioether (sulfide) groups is 1. The molecule has 3 heteroatoms. The second kappa shape index (κ2) is 12.3. The molecule has 0 aliphatic carbocycles. The zero-order chi connectivity index (χ0) is 9.78. The van der Waals surface area contributed by atoms with E-state index >= 15 is 0 Å². The van der Waals surface area contributed by atoms with Crippen molar-refractivity contribution in [2.24, 2.45) is 0 Å². The molecule has 0 rings (SSSR count). The van der Waals surface area contributed by atoms with Crippen LogP contribution in [0.1, 0.15) is 25.7 Å². The molecule has 0 bridgehead atoms. The van der Waals surface area contributed by atoms with Gasteiger partial charge in [0.2, 0.25) is 0 Å². The maximum absolute atomic E-state index is 4.94. The quantitative estimate of drug-likeness (QED) is 0.552. The third kappa shape index (κ3) is 12.3. The van der Waals surface area contributed by atoms with Crippen molar-refractivity contribution in [1.29, 1.82) is 0 Å². The minimum Gasteiger partial charge on any atom is -0.383 e. The van der Waals surface area contributed by atoms with Crippen molar-refractivity contribution in [2.45, 2.75) is 25.7 Å². The molecule has 0 aliphatic heterocycles. The summed E-state index contributed by atoms with van der Waals surface area (Å²) in [4.78, 5) is 0. The van der Waals surface area contributed by atoms with Gasteiger partial charge in [0.05, 0.1) is 6.61 Å². The monoisotopic (exact) mass is 205 g/mol. The Morgan fingerprint density at radius 2 is 1.85 bits per heavy atom. The fourth-order valence-corrected chi connectivity index (χ4v) is 1.64. The second-order valence-corrected chi connectivity index (χ2v) is 4.14. The molecular formula is C10H23NOS. The van der Waals surface area contributed by atoms with Crippen LogP contribution in [0, 0.1) is 0 Å². The minimum absolute atomic E-state index is 0.826. The summed E-state index contributed by atoms with van der Waals surface area (Å²) in [6, 6.07) is 0. The molecule has 0 saturated carbocycles. The van der Waals surface area contributed by atoms with Gasteiger partial charge in [0.15, 0.2) is 0 Å². The van der Waals surface area contributed by atoms with Gasteiger partial charge in [-0.3, -0.25) is 0 Å². The van der Waals surface area contributed by atoms with Gasteiger partial charge in [0, 0.05) is 13.7 Å². The molecule has 0 spiro atoms. The molecule has 0 atom stereocenters. The van der Waals surface area contributed by atoms with E-state index in [1.807, 2.05) is 11.8 Å². The van der Waals surface area contributed by atoms with Crippen molar-refractivity contribution >= 4 is 11.8 Å². The van der Waals surface area contributed by atoms with Crippen molar-refractivity contribution in [3.8, 4) is 0 Å². The first-order chi connectivity index (χ1) is 6.41. The van der Waals surface area contributed by atoms with Crippen molar-refractivity contribution in [3.05, 3.63) is 0 Å². The zero-order valence-corrected chi connectivity index (χ0v) is 9.79. The smallest absolute Gasteiger partial charge is 0.0587 e. The first-order valence-corrected chi connectivity index (χ1v) is 6.49. The molecule has 0 aromatic rings. The number of hydrogen-bond acceptors (Lipinski definition) is 3. The van der Waals surface area contributed by atoms with Crippen LogP contribution in [-0.4, -0.2) is 38.8 Å². The van der Waals surface area contributed by atoms with Crippen molar-refractivity contribution in [1.82, 2.24) is 5.32 Å². The molecule has 80 valence electrons. The lowest BCUT2D eigenvalue weighted by Crippen LogP contribution is -2.20. The molecule has 0 fully saturated rings. The van der Waals surface area contributed by atoms with E-state index in [4.69, 9.17) is 4.74 Å². The Morgan fingerprint density at radius 3 is 2.54 bits per heavy atom. The summed E-state index contributed by atoms with van der Waals surface area (Å²) in [5.41, 5.74) is 0. The predicted molar refractivity (Wildman–Crippen MR) is 61.6 cm³/mol. The summed E-state index contributed by atoms with van der Waals surface area (Å²) in [7, 11) is 1.74. The molecule has 0 unspecified atom stereocenters. The molecule has 0 radical (unpaired) electrons. The van der Waals surface area contributed by atoms with Crippen LogP contribution in [0.5, 0.6) is 0 Å². The van der Waals surface area contributed by atoms with Gasteiger partial charge in [-0.05, 0) is 31.4 Å². The number of methoxy groups -OCH3 is 1. The van der Waals surface area contributed by atoms with Crippen LogP contribution in [-0.2, 0) is 4.74 Å². The molecular weight excluding hydrogens is 182 g/mol. The zero-order valence-electron chi connectivity index (χ0n) is 8.97. The third-order valence-corrected chi connectivity index (χ3v) is 2.63. The van der Waals surface area contributed by atoms with E-state index in [2.05, 4.69) is 11.6 Å². The van der Waals surface area contributed by atoms with Crippen molar-refractivity contribution < 1.29 is 4.74 Å². The van der Waals surface area contributed by atoms with Gasteiger partial charge < -0.3 is 10.1 Å². The Kier molecular flexibility index (Phi) is 12.5. The largest absolute Gasteiger partial charge is 0.383 e. The lowest BCUT2D eigenvalue weighted by atomic mass is 10.2. The Hall–Kier alpha value is 0.270. The molecule has 0 amide bonds. The summed E-state index contributed by atoms with van der Waals surface area (Å²) >= 11 is 1.94. The highest BCUT2D eigenvalue weighted by molar-refractivity contribution is 7.98. The second-order valence-electron chi connectivity index (χ2n) is 3.15.